The third-order valence-electron chi connectivity index (χ3n) is 6.31. The predicted molar refractivity (Wildman–Crippen MR) is 166 cm³/mol. The molecule has 1 saturated heterocycles. The van der Waals surface area contributed by atoms with E-state index in [9.17, 15) is 28.8 Å². The summed E-state index contributed by atoms with van der Waals surface area (Å²) in [6, 6.07) is -1.28. The highest BCUT2D eigenvalue weighted by atomic mass is 28.3. The number of nitrogens with one attached hydrogen (secondary N) is 2. The maximum atomic E-state index is 12.9. The average molecular weight is 677 g/mol. The van der Waals surface area contributed by atoms with Gasteiger partial charge in [-0.15, -0.1) is 0 Å². The van der Waals surface area contributed by atoms with Crippen molar-refractivity contribution in [3.63, 3.8) is 0 Å². The SMILES string of the molecule is CC(=O)N[C@H]1[C@@H](OCCCC[C@H](NC(=O)OC(C)(C)C)C(=O)OCC[Si](C)(C)C)O[C@H](COC(C)=O)[C@H](OC(C)=O)[C@@H]1OC(C)=O. The van der Waals surface area contributed by atoms with Gasteiger partial charge in [0.15, 0.2) is 18.5 Å². The summed E-state index contributed by atoms with van der Waals surface area (Å²) in [6.45, 7) is 16.3. The lowest BCUT2D eigenvalue weighted by Gasteiger charge is -2.44. The van der Waals surface area contributed by atoms with Gasteiger partial charge in [-0.2, -0.15) is 0 Å². The molecule has 2 N–H and O–H groups in total. The van der Waals surface area contributed by atoms with Crippen LogP contribution in [0.25, 0.3) is 0 Å². The molecule has 1 rings (SSSR count). The molecule has 1 heterocycles. The Bertz CT molecular complexity index is 1060. The molecule has 1 aliphatic rings. The Kier molecular flexibility index (Phi) is 16.7. The largest absolute Gasteiger partial charge is 0.464 e. The van der Waals surface area contributed by atoms with Crippen LogP contribution >= 0.6 is 0 Å². The number of esters is 4. The van der Waals surface area contributed by atoms with Crippen LogP contribution in [0.3, 0.4) is 0 Å². The standard InChI is InChI=1S/C30H52N2O13Si/c1-18(33)31-24-26(43-21(4)36)25(42-20(3)35)23(17-41-19(2)34)44-28(24)40-14-12-11-13-22(32-29(38)45-30(5,6)7)27(37)39-15-16-46(8,9)10/h22-26,28H,11-17H2,1-10H3,(H,31,33)(H,32,38)/t22-,23+,24+,25-,26+,28-/m0/s1. The molecule has 46 heavy (non-hydrogen) atoms. The Morgan fingerprint density at radius 1 is 0.826 bits per heavy atom. The lowest BCUT2D eigenvalue weighted by Crippen LogP contribution is -2.66. The summed E-state index contributed by atoms with van der Waals surface area (Å²) < 4.78 is 38.7. The van der Waals surface area contributed by atoms with E-state index >= 15 is 0 Å². The second-order valence-electron chi connectivity index (χ2n) is 13.3. The van der Waals surface area contributed by atoms with E-state index in [-0.39, 0.29) is 26.2 Å². The van der Waals surface area contributed by atoms with E-state index in [0.717, 1.165) is 19.9 Å². The summed E-state index contributed by atoms with van der Waals surface area (Å²) in [5.74, 6) is -3.12. The highest BCUT2D eigenvalue weighted by Crippen LogP contribution is 2.28. The van der Waals surface area contributed by atoms with E-state index in [4.69, 9.17) is 33.2 Å². The second-order valence-corrected chi connectivity index (χ2v) is 18.9. The summed E-state index contributed by atoms with van der Waals surface area (Å²) >= 11 is 0. The molecule has 0 saturated carbocycles. The van der Waals surface area contributed by atoms with Gasteiger partial charge in [-0.3, -0.25) is 19.2 Å². The van der Waals surface area contributed by atoms with Crippen LogP contribution < -0.4 is 10.6 Å². The first-order chi connectivity index (χ1) is 21.2. The van der Waals surface area contributed by atoms with E-state index in [1.165, 1.54) is 13.8 Å². The molecule has 0 spiro atoms. The van der Waals surface area contributed by atoms with Crippen molar-refractivity contribution in [1.29, 1.82) is 0 Å². The second kappa shape index (κ2) is 18.8. The van der Waals surface area contributed by atoms with Crippen LogP contribution in [0.15, 0.2) is 0 Å². The topological polar surface area (TPSA) is 191 Å². The average Bonchev–Trinajstić information content (AvgIpc) is 2.87. The summed E-state index contributed by atoms with van der Waals surface area (Å²) in [5, 5.41) is 5.23. The molecular weight excluding hydrogens is 624 g/mol. The Balaban J connectivity index is 3.03. The maximum Gasteiger partial charge on any atom is 0.408 e. The molecule has 0 bridgehead atoms. The van der Waals surface area contributed by atoms with E-state index in [1.54, 1.807) is 20.8 Å². The fourth-order valence-electron chi connectivity index (χ4n) is 4.34. The molecule has 0 unspecified atom stereocenters. The minimum atomic E-state index is -1.45. The summed E-state index contributed by atoms with van der Waals surface area (Å²) in [5.41, 5.74) is -0.763. The van der Waals surface area contributed by atoms with E-state index < -0.39 is 86.2 Å². The third kappa shape index (κ3) is 16.9. The number of carbonyl (C=O) groups is 6. The molecule has 15 nitrogen and oxygen atoms in total. The highest BCUT2D eigenvalue weighted by molar-refractivity contribution is 6.76. The lowest BCUT2D eigenvalue weighted by atomic mass is 9.96. The zero-order valence-electron chi connectivity index (χ0n) is 28.7. The van der Waals surface area contributed by atoms with Crippen LogP contribution in [-0.2, 0) is 57.1 Å². The number of rotatable bonds is 16. The molecule has 264 valence electrons. The van der Waals surface area contributed by atoms with Crippen molar-refractivity contribution in [2.24, 2.45) is 0 Å². The predicted octanol–water partition coefficient (Wildman–Crippen LogP) is 2.60. The molecule has 16 heteroatoms. The highest BCUT2D eigenvalue weighted by Gasteiger charge is 2.51. The Labute approximate surface area is 272 Å². The molecule has 1 fully saturated rings. The van der Waals surface area contributed by atoms with Gasteiger partial charge in [0.1, 0.15) is 30.4 Å². The molecule has 0 radical (unpaired) electrons. The van der Waals surface area contributed by atoms with Crippen LogP contribution in [0.4, 0.5) is 4.79 Å². The fraction of sp³-hybridized carbons (Fsp3) is 0.800. The minimum Gasteiger partial charge on any atom is -0.464 e. The summed E-state index contributed by atoms with van der Waals surface area (Å²) in [7, 11) is -1.45. The first kappa shape index (κ1) is 40.8. The number of hydrogen-bond donors (Lipinski definition) is 2. The van der Waals surface area contributed by atoms with Crippen LogP contribution in [-0.4, -0.2) is 106 Å². The van der Waals surface area contributed by atoms with Gasteiger partial charge in [0.05, 0.1) is 6.61 Å². The van der Waals surface area contributed by atoms with Crippen molar-refractivity contribution in [2.45, 2.75) is 136 Å². The normalized spacial score (nSPS) is 22.1. The van der Waals surface area contributed by atoms with Crippen molar-refractivity contribution in [3.8, 4) is 0 Å². The van der Waals surface area contributed by atoms with Crippen LogP contribution in [0.5, 0.6) is 0 Å². The Hall–Kier alpha value is -3.24. The van der Waals surface area contributed by atoms with Gasteiger partial charge in [-0.05, 0) is 46.1 Å². The molecule has 0 aromatic rings. The van der Waals surface area contributed by atoms with Gasteiger partial charge in [0, 0.05) is 42.4 Å². The van der Waals surface area contributed by atoms with Crippen molar-refractivity contribution < 1.29 is 61.9 Å². The Morgan fingerprint density at radius 2 is 1.43 bits per heavy atom. The van der Waals surface area contributed by atoms with Crippen LogP contribution in [0.1, 0.15) is 67.7 Å². The van der Waals surface area contributed by atoms with Gasteiger partial charge in [0.2, 0.25) is 5.91 Å². The molecule has 1 aliphatic heterocycles. The third-order valence-corrected chi connectivity index (χ3v) is 8.02. The zero-order valence-corrected chi connectivity index (χ0v) is 29.7. The van der Waals surface area contributed by atoms with Crippen LogP contribution in [0.2, 0.25) is 25.7 Å². The molecule has 6 atom stereocenters. The zero-order chi connectivity index (χ0) is 35.2. The molecule has 0 aliphatic carbocycles. The van der Waals surface area contributed by atoms with Crippen molar-refractivity contribution in [1.82, 2.24) is 10.6 Å². The first-order valence-electron chi connectivity index (χ1n) is 15.4. The van der Waals surface area contributed by atoms with Crippen molar-refractivity contribution >= 4 is 44.0 Å². The minimum absolute atomic E-state index is 0.0515. The lowest BCUT2D eigenvalue weighted by molar-refractivity contribution is -0.277. The summed E-state index contributed by atoms with van der Waals surface area (Å²) in [6.07, 6.45) is -4.52. The molecule has 2 amide bonds. The number of carbonyl (C=O) groups excluding carboxylic acids is 6. The van der Waals surface area contributed by atoms with E-state index in [1.807, 2.05) is 0 Å². The maximum absolute atomic E-state index is 12.9. The monoisotopic (exact) mass is 676 g/mol. The number of alkyl carbamates (subject to hydrolysis) is 1. The van der Waals surface area contributed by atoms with E-state index in [0.29, 0.717) is 12.8 Å². The number of amides is 2. The molecule has 0 aromatic heterocycles. The van der Waals surface area contributed by atoms with Crippen LogP contribution in [0, 0.1) is 0 Å². The summed E-state index contributed by atoms with van der Waals surface area (Å²) in [4.78, 5) is 72.9. The van der Waals surface area contributed by atoms with Gasteiger partial charge in [-0.1, -0.05) is 19.6 Å². The fourth-order valence-corrected chi connectivity index (χ4v) is 5.05. The number of unbranched alkanes of at least 4 members (excludes halogenated alkanes) is 1. The first-order valence-corrected chi connectivity index (χ1v) is 19.1. The van der Waals surface area contributed by atoms with E-state index in [2.05, 4.69) is 30.3 Å². The number of hydrogen-bond acceptors (Lipinski definition) is 13. The van der Waals surface area contributed by atoms with Crippen molar-refractivity contribution in [2.75, 3.05) is 19.8 Å². The van der Waals surface area contributed by atoms with Gasteiger partial charge in [-0.25, -0.2) is 9.59 Å². The smallest absolute Gasteiger partial charge is 0.408 e. The van der Waals surface area contributed by atoms with Gasteiger partial charge in [0.25, 0.3) is 0 Å². The number of ether oxygens (including phenoxy) is 7. The molecular formula is C30H52N2O13Si. The van der Waals surface area contributed by atoms with Gasteiger partial charge < -0.3 is 43.8 Å². The Morgan fingerprint density at radius 3 is 1.96 bits per heavy atom. The molecule has 0 aromatic carbocycles. The van der Waals surface area contributed by atoms with Gasteiger partial charge >= 0.3 is 30.0 Å². The van der Waals surface area contributed by atoms with Crippen molar-refractivity contribution in [3.05, 3.63) is 0 Å². The quantitative estimate of drug-likeness (QED) is 0.105.